The zero-order valence-electron chi connectivity index (χ0n) is 18.8. The van der Waals surface area contributed by atoms with Gasteiger partial charge in [-0.1, -0.05) is 17.8 Å². The molecule has 0 atom stereocenters. The van der Waals surface area contributed by atoms with Gasteiger partial charge in [0.2, 0.25) is 0 Å². The maximum atomic E-state index is 11.5. The first-order valence-electron chi connectivity index (χ1n) is 10.7. The Morgan fingerprint density at radius 1 is 1.00 bits per heavy atom. The highest BCUT2D eigenvalue weighted by atomic mass is 32.2. The first kappa shape index (κ1) is 22.6. The van der Waals surface area contributed by atoms with Gasteiger partial charge in [0.05, 0.1) is 18.0 Å². The van der Waals surface area contributed by atoms with Crippen LogP contribution in [0.25, 0.3) is 11.0 Å². The van der Waals surface area contributed by atoms with Crippen LogP contribution in [0.2, 0.25) is 0 Å². The molecule has 0 amide bonds. The third-order valence-corrected chi connectivity index (χ3v) is 5.94. The fourth-order valence-corrected chi connectivity index (χ4v) is 4.17. The van der Waals surface area contributed by atoms with Gasteiger partial charge in [0.1, 0.15) is 5.75 Å². The number of rotatable bonds is 8. The SMILES string of the molecule is CCOC(=O)COc1ccc(Sc2ccc(C)cc2Nc2ccnc3nc(C)ccc23)cc1. The molecule has 2 aromatic heterocycles. The molecule has 0 fully saturated rings. The molecule has 0 aliphatic carbocycles. The average molecular weight is 460 g/mol. The lowest BCUT2D eigenvalue weighted by Gasteiger charge is -2.14. The summed E-state index contributed by atoms with van der Waals surface area (Å²) in [4.78, 5) is 22.6. The van der Waals surface area contributed by atoms with Crippen molar-refractivity contribution in [3.8, 4) is 5.75 Å². The molecule has 2 aromatic carbocycles. The number of benzene rings is 2. The Labute approximate surface area is 197 Å². The van der Waals surface area contributed by atoms with Crippen molar-refractivity contribution in [3.63, 3.8) is 0 Å². The molecule has 0 bridgehead atoms. The van der Waals surface area contributed by atoms with Gasteiger partial charge in [-0.15, -0.1) is 0 Å². The van der Waals surface area contributed by atoms with Crippen LogP contribution in [0.3, 0.4) is 0 Å². The van der Waals surface area contributed by atoms with Crippen LogP contribution in [0.1, 0.15) is 18.2 Å². The lowest BCUT2D eigenvalue weighted by atomic mass is 10.2. The Kier molecular flexibility index (Phi) is 7.10. The van der Waals surface area contributed by atoms with Crippen molar-refractivity contribution < 1.29 is 14.3 Å². The summed E-state index contributed by atoms with van der Waals surface area (Å²) in [5.74, 6) is 0.251. The summed E-state index contributed by atoms with van der Waals surface area (Å²) in [5, 5.41) is 4.55. The first-order chi connectivity index (χ1) is 16.0. The maximum Gasteiger partial charge on any atom is 0.344 e. The van der Waals surface area contributed by atoms with Crippen LogP contribution in [0.4, 0.5) is 11.4 Å². The van der Waals surface area contributed by atoms with Gasteiger partial charge in [0.25, 0.3) is 0 Å². The van der Waals surface area contributed by atoms with E-state index in [0.717, 1.165) is 43.5 Å². The molecule has 4 aromatic rings. The summed E-state index contributed by atoms with van der Waals surface area (Å²) in [7, 11) is 0. The van der Waals surface area contributed by atoms with Crippen LogP contribution >= 0.6 is 11.8 Å². The molecule has 4 rings (SSSR count). The summed E-state index contributed by atoms with van der Waals surface area (Å²) in [6, 6.07) is 20.0. The van der Waals surface area contributed by atoms with Gasteiger partial charge < -0.3 is 14.8 Å². The molecule has 7 heteroatoms. The highest BCUT2D eigenvalue weighted by molar-refractivity contribution is 7.99. The summed E-state index contributed by atoms with van der Waals surface area (Å²) in [6.07, 6.45) is 1.77. The van der Waals surface area contributed by atoms with Crippen LogP contribution < -0.4 is 10.1 Å². The van der Waals surface area contributed by atoms with E-state index < -0.39 is 0 Å². The van der Waals surface area contributed by atoms with Crippen molar-refractivity contribution in [1.82, 2.24) is 9.97 Å². The molecular weight excluding hydrogens is 434 g/mol. The number of fused-ring (bicyclic) bond motifs is 1. The predicted molar refractivity (Wildman–Crippen MR) is 131 cm³/mol. The predicted octanol–water partition coefficient (Wildman–Crippen LogP) is 6.08. The van der Waals surface area contributed by atoms with E-state index in [9.17, 15) is 4.79 Å². The number of carbonyl (C=O) groups excluding carboxylic acids is 1. The van der Waals surface area contributed by atoms with Crippen molar-refractivity contribution in [2.45, 2.75) is 30.6 Å². The Balaban J connectivity index is 1.53. The van der Waals surface area contributed by atoms with Gasteiger partial charge in [-0.3, -0.25) is 0 Å². The molecule has 1 N–H and O–H groups in total. The number of hydrogen-bond acceptors (Lipinski definition) is 7. The van der Waals surface area contributed by atoms with Gasteiger partial charge in [-0.05, 0) is 80.9 Å². The van der Waals surface area contributed by atoms with Gasteiger partial charge in [-0.2, -0.15) is 0 Å². The number of nitrogens with one attached hydrogen (secondary N) is 1. The third kappa shape index (κ3) is 5.81. The van der Waals surface area contributed by atoms with E-state index in [1.165, 1.54) is 0 Å². The van der Waals surface area contributed by atoms with E-state index in [1.54, 1.807) is 24.9 Å². The second-order valence-corrected chi connectivity index (χ2v) is 8.59. The van der Waals surface area contributed by atoms with Gasteiger partial charge in [-0.25, -0.2) is 14.8 Å². The van der Waals surface area contributed by atoms with Crippen molar-refractivity contribution in [1.29, 1.82) is 0 Å². The smallest absolute Gasteiger partial charge is 0.344 e. The number of nitrogens with zero attached hydrogens (tertiary/aromatic N) is 2. The highest BCUT2D eigenvalue weighted by Gasteiger charge is 2.10. The van der Waals surface area contributed by atoms with Crippen molar-refractivity contribution in [2.24, 2.45) is 0 Å². The zero-order chi connectivity index (χ0) is 23.2. The van der Waals surface area contributed by atoms with Gasteiger partial charge >= 0.3 is 5.97 Å². The van der Waals surface area contributed by atoms with E-state index >= 15 is 0 Å². The molecule has 6 nitrogen and oxygen atoms in total. The Hall–Kier alpha value is -3.58. The molecule has 0 spiro atoms. The van der Waals surface area contributed by atoms with E-state index in [2.05, 4.69) is 40.4 Å². The lowest BCUT2D eigenvalue weighted by Crippen LogP contribution is -2.14. The Bertz CT molecular complexity index is 1280. The summed E-state index contributed by atoms with van der Waals surface area (Å²) in [5.41, 5.74) is 4.80. The molecule has 0 unspecified atom stereocenters. The number of pyridine rings is 2. The highest BCUT2D eigenvalue weighted by Crippen LogP contribution is 2.37. The maximum absolute atomic E-state index is 11.5. The summed E-state index contributed by atoms with van der Waals surface area (Å²) < 4.78 is 10.4. The number of hydrogen-bond donors (Lipinski definition) is 1. The van der Waals surface area contributed by atoms with Crippen LogP contribution in [-0.2, 0) is 9.53 Å². The van der Waals surface area contributed by atoms with Crippen LogP contribution in [0.5, 0.6) is 5.75 Å². The number of anilines is 2. The Morgan fingerprint density at radius 2 is 1.82 bits per heavy atom. The molecule has 0 saturated carbocycles. The monoisotopic (exact) mass is 459 g/mol. The van der Waals surface area contributed by atoms with Crippen molar-refractivity contribution >= 4 is 40.1 Å². The van der Waals surface area contributed by atoms with Gasteiger partial charge in [0, 0.05) is 27.1 Å². The van der Waals surface area contributed by atoms with E-state index in [1.807, 2.05) is 49.4 Å². The standard InChI is InChI=1S/C26H25N3O3S/c1-4-31-25(30)16-32-19-7-9-20(10-8-19)33-24-12-5-17(2)15-23(24)29-22-13-14-27-26-21(22)11-6-18(3)28-26/h5-15H,4,16H2,1-3H3,(H,27,28,29). The Morgan fingerprint density at radius 3 is 2.61 bits per heavy atom. The lowest BCUT2D eigenvalue weighted by molar-refractivity contribution is -0.145. The molecule has 0 aliphatic rings. The molecular formula is C26H25N3O3S. The number of ether oxygens (including phenoxy) is 2. The van der Waals surface area contributed by atoms with Crippen LogP contribution in [-0.4, -0.2) is 29.2 Å². The second-order valence-electron chi connectivity index (χ2n) is 7.47. The van der Waals surface area contributed by atoms with E-state index in [0.29, 0.717) is 12.4 Å². The minimum Gasteiger partial charge on any atom is -0.482 e. The third-order valence-electron chi connectivity index (χ3n) is 4.86. The minimum atomic E-state index is -0.375. The van der Waals surface area contributed by atoms with E-state index in [-0.39, 0.29) is 12.6 Å². The fraction of sp³-hybridized carbons (Fsp3) is 0.192. The quantitative estimate of drug-likeness (QED) is 0.320. The van der Waals surface area contributed by atoms with Gasteiger partial charge in [0.15, 0.2) is 12.3 Å². The molecule has 0 aliphatic heterocycles. The molecule has 0 saturated heterocycles. The largest absolute Gasteiger partial charge is 0.482 e. The summed E-state index contributed by atoms with van der Waals surface area (Å²) >= 11 is 1.65. The zero-order valence-corrected chi connectivity index (χ0v) is 19.6. The van der Waals surface area contributed by atoms with Crippen molar-refractivity contribution in [2.75, 3.05) is 18.5 Å². The normalized spacial score (nSPS) is 10.8. The number of aryl methyl sites for hydroxylation is 2. The minimum absolute atomic E-state index is 0.0966. The summed E-state index contributed by atoms with van der Waals surface area (Å²) in [6.45, 7) is 6.05. The molecule has 0 radical (unpaired) electrons. The van der Waals surface area contributed by atoms with E-state index in [4.69, 9.17) is 9.47 Å². The molecule has 2 heterocycles. The molecule has 168 valence electrons. The molecule has 33 heavy (non-hydrogen) atoms. The number of aromatic nitrogens is 2. The number of carbonyl (C=O) groups is 1. The second kappa shape index (κ2) is 10.4. The fourth-order valence-electron chi connectivity index (χ4n) is 3.28. The van der Waals surface area contributed by atoms with Crippen molar-refractivity contribution in [3.05, 3.63) is 78.1 Å². The van der Waals surface area contributed by atoms with Crippen LogP contribution in [0, 0.1) is 13.8 Å². The van der Waals surface area contributed by atoms with Crippen LogP contribution in [0.15, 0.2) is 76.7 Å². The topological polar surface area (TPSA) is 73.3 Å². The number of esters is 1. The average Bonchev–Trinajstić information content (AvgIpc) is 2.80. The first-order valence-corrected chi connectivity index (χ1v) is 11.5.